The highest BCUT2D eigenvalue weighted by molar-refractivity contribution is 5.98. The minimum atomic E-state index is -0.570. The molecule has 3 aliphatic heterocycles. The number of fused-ring (bicyclic) bond motifs is 4. The Balaban J connectivity index is 1.06. The monoisotopic (exact) mass is 708 g/mol. The molecule has 12 heteroatoms. The van der Waals surface area contributed by atoms with Crippen molar-refractivity contribution in [3.8, 4) is 34.0 Å². The Hall–Kier alpha value is -5.26. The maximum Gasteiger partial charge on any atom is 0.410 e. The summed E-state index contributed by atoms with van der Waals surface area (Å²) in [6.07, 6.45) is 5.48. The number of carbonyl (C=O) groups excluding carboxylic acids is 2. The second kappa shape index (κ2) is 13.7. The van der Waals surface area contributed by atoms with Crippen LogP contribution in [0.2, 0.25) is 0 Å². The first-order chi connectivity index (χ1) is 24.8. The van der Waals surface area contributed by atoms with Gasteiger partial charge < -0.3 is 33.8 Å². The smallest absolute Gasteiger partial charge is 0.410 e. The van der Waals surface area contributed by atoms with Crippen molar-refractivity contribution < 1.29 is 28.5 Å². The number of imidazole rings is 2. The second-order valence-electron chi connectivity index (χ2n) is 15.6. The highest BCUT2D eigenvalue weighted by atomic mass is 16.6. The van der Waals surface area contributed by atoms with Gasteiger partial charge >= 0.3 is 12.2 Å². The van der Waals surface area contributed by atoms with E-state index in [1.807, 2.05) is 66.8 Å². The minimum Gasteiger partial charge on any atom is -0.488 e. The number of nitrogens with one attached hydrogen (secondary N) is 2. The second-order valence-corrected chi connectivity index (χ2v) is 15.6. The predicted molar refractivity (Wildman–Crippen MR) is 198 cm³/mol. The van der Waals surface area contributed by atoms with E-state index in [2.05, 4.69) is 44.2 Å². The number of hydrogen-bond donors (Lipinski definition) is 2. The molecule has 3 aliphatic rings. The van der Waals surface area contributed by atoms with Gasteiger partial charge in [0, 0.05) is 46.5 Å². The van der Waals surface area contributed by atoms with E-state index in [1.54, 1.807) is 16.0 Å². The highest BCUT2D eigenvalue weighted by Crippen LogP contribution is 2.45. The lowest BCUT2D eigenvalue weighted by atomic mass is 9.89. The Morgan fingerprint density at radius 2 is 1.46 bits per heavy atom. The van der Waals surface area contributed by atoms with E-state index in [-0.39, 0.29) is 18.2 Å². The van der Waals surface area contributed by atoms with E-state index < -0.39 is 11.2 Å². The van der Waals surface area contributed by atoms with E-state index in [9.17, 15) is 9.59 Å². The minimum absolute atomic E-state index is 0.152. The Labute approximate surface area is 304 Å². The number of benzene rings is 2. The zero-order valence-electron chi connectivity index (χ0n) is 31.1. The zero-order valence-corrected chi connectivity index (χ0v) is 31.1. The Morgan fingerprint density at radius 1 is 0.865 bits per heavy atom. The number of rotatable bonds is 7. The van der Waals surface area contributed by atoms with E-state index in [0.717, 1.165) is 81.4 Å². The van der Waals surface area contributed by atoms with Crippen molar-refractivity contribution in [1.82, 2.24) is 29.7 Å². The maximum atomic E-state index is 12.9. The fourth-order valence-corrected chi connectivity index (χ4v) is 6.92. The van der Waals surface area contributed by atoms with Gasteiger partial charge in [-0.3, -0.25) is 4.90 Å². The summed E-state index contributed by atoms with van der Waals surface area (Å²) in [7, 11) is 0. The molecule has 2 N–H and O–H groups in total. The summed E-state index contributed by atoms with van der Waals surface area (Å²) in [5, 5.41) is 0. The van der Waals surface area contributed by atoms with Crippen LogP contribution in [0, 0.1) is 0 Å². The summed E-state index contributed by atoms with van der Waals surface area (Å²) in [5.41, 5.74) is 6.69. The van der Waals surface area contributed by atoms with Crippen LogP contribution in [0.15, 0.2) is 48.8 Å². The van der Waals surface area contributed by atoms with Gasteiger partial charge in [-0.2, -0.15) is 0 Å². The topological polar surface area (TPSA) is 135 Å². The van der Waals surface area contributed by atoms with Crippen molar-refractivity contribution in [2.45, 2.75) is 91.5 Å². The maximum absolute atomic E-state index is 12.9. The highest BCUT2D eigenvalue weighted by Gasteiger charge is 2.35. The molecule has 0 spiro atoms. The first kappa shape index (κ1) is 35.2. The first-order valence-electron chi connectivity index (χ1n) is 18.1. The van der Waals surface area contributed by atoms with Crippen molar-refractivity contribution in [3.05, 3.63) is 71.6 Å². The molecule has 1 fully saturated rings. The van der Waals surface area contributed by atoms with Gasteiger partial charge in [-0.1, -0.05) is 31.2 Å². The molecule has 0 radical (unpaired) electrons. The number of aromatic amines is 2. The Kier molecular flexibility index (Phi) is 9.26. The van der Waals surface area contributed by atoms with Crippen molar-refractivity contribution in [1.29, 1.82) is 0 Å². The third kappa shape index (κ3) is 7.37. The predicted octanol–water partition coefficient (Wildman–Crippen LogP) is 8.38. The fourth-order valence-electron chi connectivity index (χ4n) is 6.92. The molecule has 5 heterocycles. The third-order valence-corrected chi connectivity index (χ3v) is 9.25. The molecule has 1 atom stereocenters. The number of hydrogen-bond acceptors (Lipinski definition) is 8. The normalized spacial score (nSPS) is 16.8. The van der Waals surface area contributed by atoms with Crippen LogP contribution in [0.5, 0.6) is 11.5 Å². The van der Waals surface area contributed by atoms with Crippen molar-refractivity contribution in [3.63, 3.8) is 0 Å². The number of nitrogens with zero attached hydrogens (tertiary/aromatic N) is 4. The van der Waals surface area contributed by atoms with E-state index in [1.165, 1.54) is 0 Å². The summed E-state index contributed by atoms with van der Waals surface area (Å²) in [4.78, 5) is 45.2. The van der Waals surface area contributed by atoms with Crippen LogP contribution in [0.4, 0.5) is 9.59 Å². The van der Waals surface area contributed by atoms with Gasteiger partial charge in [0.25, 0.3) is 0 Å². The van der Waals surface area contributed by atoms with Crippen LogP contribution in [0.1, 0.15) is 96.5 Å². The van der Waals surface area contributed by atoms with Gasteiger partial charge in [0.15, 0.2) is 0 Å². The molecule has 0 unspecified atom stereocenters. The molecule has 1 saturated heterocycles. The molecule has 4 aromatic rings. The Bertz CT molecular complexity index is 2010. The number of likely N-dealkylation sites (tertiary alicyclic amines) is 1. The molecule has 0 saturated carbocycles. The number of amides is 2. The van der Waals surface area contributed by atoms with Crippen molar-refractivity contribution >= 4 is 23.3 Å². The summed E-state index contributed by atoms with van der Waals surface area (Å²) in [5.74, 6) is 3.02. The average Bonchev–Trinajstić information content (AvgIpc) is 3.87. The molecule has 0 bridgehead atoms. The summed E-state index contributed by atoms with van der Waals surface area (Å²) < 4.78 is 24.0. The van der Waals surface area contributed by atoms with E-state index >= 15 is 0 Å². The van der Waals surface area contributed by atoms with Crippen molar-refractivity contribution in [2.24, 2.45) is 0 Å². The number of carbonyl (C=O) groups is 2. The summed E-state index contributed by atoms with van der Waals surface area (Å²) in [6, 6.07) is 12.2. The van der Waals surface area contributed by atoms with Gasteiger partial charge in [0.1, 0.15) is 47.6 Å². The van der Waals surface area contributed by atoms with Crippen LogP contribution in [-0.2, 0) is 16.0 Å². The lowest BCUT2D eigenvalue weighted by Crippen LogP contribution is -2.37. The molecule has 2 aromatic carbocycles. The summed E-state index contributed by atoms with van der Waals surface area (Å²) >= 11 is 0. The number of H-pyrrole nitrogens is 2. The molecule has 0 aliphatic carbocycles. The largest absolute Gasteiger partial charge is 0.488 e. The lowest BCUT2D eigenvalue weighted by molar-refractivity contribution is 0.0212. The van der Waals surface area contributed by atoms with E-state index in [0.29, 0.717) is 38.7 Å². The molecule has 7 rings (SSSR count). The number of ether oxygens (including phenoxy) is 4. The average molecular weight is 709 g/mol. The van der Waals surface area contributed by atoms with E-state index in [4.69, 9.17) is 18.9 Å². The molecule has 52 heavy (non-hydrogen) atoms. The van der Waals surface area contributed by atoms with Crippen LogP contribution < -0.4 is 9.47 Å². The molecular formula is C40H48N6O6. The van der Waals surface area contributed by atoms with Gasteiger partial charge in [-0.05, 0) is 72.9 Å². The molecule has 2 aromatic heterocycles. The van der Waals surface area contributed by atoms with Gasteiger partial charge in [-0.25, -0.2) is 19.6 Å². The van der Waals surface area contributed by atoms with Crippen molar-refractivity contribution in [2.75, 3.05) is 26.3 Å². The number of aromatic nitrogens is 4. The van der Waals surface area contributed by atoms with Crippen LogP contribution >= 0.6 is 0 Å². The quantitative estimate of drug-likeness (QED) is 0.196. The lowest BCUT2D eigenvalue weighted by Gasteiger charge is -2.30. The summed E-state index contributed by atoms with van der Waals surface area (Å²) in [6.45, 7) is 15.7. The fraction of sp³-hybridized carbons (Fsp3) is 0.450. The zero-order chi connectivity index (χ0) is 36.8. The van der Waals surface area contributed by atoms with Gasteiger partial charge in [0.2, 0.25) is 0 Å². The van der Waals surface area contributed by atoms with Crippen LogP contribution in [0.3, 0.4) is 0 Å². The van der Waals surface area contributed by atoms with Gasteiger partial charge in [0.05, 0.1) is 36.4 Å². The molecule has 274 valence electrons. The van der Waals surface area contributed by atoms with Gasteiger partial charge in [-0.15, -0.1) is 0 Å². The molecular weight excluding hydrogens is 660 g/mol. The van der Waals surface area contributed by atoms with Crippen LogP contribution in [0.25, 0.3) is 33.7 Å². The van der Waals surface area contributed by atoms with Crippen LogP contribution in [-0.4, -0.2) is 79.4 Å². The molecule has 2 amide bonds. The standard InChI is InChI=1S/C40H48N6O6/c1-8-15-45(37(47)51-39(2,3)4)21-35-41-19-30(43-35)24-11-13-26-28-23-50-34-18-25(12-14-27(34)29(28)22-49-33(26)17-24)31-20-42-36(44-31)32-10-9-16-46(32)38(48)52-40(5,6)7/h11-14,17-20,32H,8-10,15-16,21-23H2,1-7H3,(H,41,43)(H,42,44)/t32-/m0/s1. The first-order valence-corrected chi connectivity index (χ1v) is 18.1. The Morgan fingerprint density at radius 3 is 2.06 bits per heavy atom. The third-order valence-electron chi connectivity index (χ3n) is 9.25. The molecule has 12 nitrogen and oxygen atoms in total. The SMILES string of the molecule is CCCN(Cc1ncc(-c2ccc3c(c2)OCC2=C3COc3cc(-c4cnc([C@@H]5CCCN5C(=O)OC(C)(C)C)[nH]4)ccc32)[nH]1)C(=O)OC(C)(C)C.